The third-order valence-corrected chi connectivity index (χ3v) is 5.12. The minimum Gasteiger partial charge on any atom is -0.462 e. The van der Waals surface area contributed by atoms with E-state index in [2.05, 4.69) is 10.3 Å². The molecule has 0 aliphatic rings. The Hall–Kier alpha value is -2.56. The number of benzene rings is 1. The minimum absolute atomic E-state index is 0.0452. The lowest BCUT2D eigenvalue weighted by atomic mass is 10.1. The number of ether oxygens (including phenoxy) is 1. The molecule has 1 aromatic heterocycles. The molecular formula is C20H20ClN3O3S. The molecule has 1 amide bonds. The van der Waals surface area contributed by atoms with Crippen LogP contribution in [0.25, 0.3) is 0 Å². The van der Waals surface area contributed by atoms with Crippen molar-refractivity contribution in [3.63, 3.8) is 0 Å². The van der Waals surface area contributed by atoms with Crippen LogP contribution < -0.4 is 5.32 Å². The summed E-state index contributed by atoms with van der Waals surface area (Å²) in [6, 6.07) is 7.17. The second-order valence-corrected chi connectivity index (χ2v) is 7.45. The molecule has 28 heavy (non-hydrogen) atoms. The number of pyridine rings is 1. The van der Waals surface area contributed by atoms with Crippen LogP contribution in [-0.4, -0.2) is 29.2 Å². The van der Waals surface area contributed by atoms with Crippen LogP contribution in [0.4, 0.5) is 5.69 Å². The molecule has 6 nitrogen and oxygen atoms in total. The second kappa shape index (κ2) is 9.58. The van der Waals surface area contributed by atoms with Crippen LogP contribution in [0, 0.1) is 32.1 Å². The number of hydrogen-bond donors (Lipinski definition) is 1. The molecular weight excluding hydrogens is 398 g/mol. The van der Waals surface area contributed by atoms with E-state index in [0.717, 1.165) is 22.9 Å². The van der Waals surface area contributed by atoms with Crippen molar-refractivity contribution in [2.45, 2.75) is 32.7 Å². The summed E-state index contributed by atoms with van der Waals surface area (Å²) in [7, 11) is 0. The van der Waals surface area contributed by atoms with Crippen LogP contribution in [0.5, 0.6) is 0 Å². The standard InChI is InChI=1S/C20H20ClN3O3S/c1-5-27-20(26)15-8-14(9-22)19(23-13(15)4)28-10-17(25)24-18-12(3)6-11(2)7-16(18)21/h6-8H,5,10H2,1-4H3,(H,24,25). The number of carbonyl (C=O) groups is 2. The van der Waals surface area contributed by atoms with Crippen LogP contribution in [0.3, 0.4) is 0 Å². The first-order chi connectivity index (χ1) is 13.3. The van der Waals surface area contributed by atoms with Crippen molar-refractivity contribution < 1.29 is 14.3 Å². The molecule has 0 bridgehead atoms. The zero-order chi connectivity index (χ0) is 20.8. The first-order valence-corrected chi connectivity index (χ1v) is 9.91. The van der Waals surface area contributed by atoms with Crippen molar-refractivity contribution in [3.05, 3.63) is 51.2 Å². The number of aryl methyl sites for hydroxylation is 3. The molecule has 1 aromatic carbocycles. The first kappa shape index (κ1) is 21.7. The average molecular weight is 418 g/mol. The van der Waals surface area contributed by atoms with Gasteiger partial charge >= 0.3 is 5.97 Å². The molecule has 0 radical (unpaired) electrons. The fraction of sp³-hybridized carbons (Fsp3) is 0.300. The summed E-state index contributed by atoms with van der Waals surface area (Å²) in [5.74, 6) is -0.747. The van der Waals surface area contributed by atoms with Gasteiger partial charge in [0.15, 0.2) is 0 Å². The molecule has 0 fully saturated rings. The number of thioether (sulfide) groups is 1. The molecule has 8 heteroatoms. The molecule has 0 unspecified atom stereocenters. The number of hydrogen-bond acceptors (Lipinski definition) is 6. The van der Waals surface area contributed by atoms with Crippen molar-refractivity contribution in [2.75, 3.05) is 17.7 Å². The molecule has 1 N–H and O–H groups in total. The summed E-state index contributed by atoms with van der Waals surface area (Å²) < 4.78 is 4.97. The zero-order valence-corrected chi connectivity index (χ0v) is 17.6. The smallest absolute Gasteiger partial charge is 0.340 e. The van der Waals surface area contributed by atoms with Crippen LogP contribution in [0.1, 0.15) is 39.7 Å². The van der Waals surface area contributed by atoms with Crippen LogP contribution in [-0.2, 0) is 9.53 Å². The molecule has 2 aromatic rings. The van der Waals surface area contributed by atoms with E-state index in [1.807, 2.05) is 26.0 Å². The lowest BCUT2D eigenvalue weighted by Gasteiger charge is -2.12. The number of aromatic nitrogens is 1. The van der Waals surface area contributed by atoms with E-state index in [9.17, 15) is 14.9 Å². The Morgan fingerprint density at radius 1 is 1.29 bits per heavy atom. The molecule has 0 saturated heterocycles. The largest absolute Gasteiger partial charge is 0.462 e. The number of nitrogens with zero attached hydrogens (tertiary/aromatic N) is 2. The molecule has 0 atom stereocenters. The van der Waals surface area contributed by atoms with Crippen molar-refractivity contribution in [1.29, 1.82) is 5.26 Å². The lowest BCUT2D eigenvalue weighted by molar-refractivity contribution is -0.113. The molecule has 0 aliphatic carbocycles. The van der Waals surface area contributed by atoms with Gasteiger partial charge < -0.3 is 10.1 Å². The summed E-state index contributed by atoms with van der Waals surface area (Å²) >= 11 is 7.34. The molecule has 1 heterocycles. The summed E-state index contributed by atoms with van der Waals surface area (Å²) in [6.07, 6.45) is 0. The Kier molecular flexibility index (Phi) is 7.44. The van der Waals surface area contributed by atoms with E-state index < -0.39 is 5.97 Å². The normalized spacial score (nSPS) is 10.3. The quantitative estimate of drug-likeness (QED) is 0.551. The lowest BCUT2D eigenvalue weighted by Crippen LogP contribution is -2.16. The van der Waals surface area contributed by atoms with E-state index in [1.54, 1.807) is 19.9 Å². The topological polar surface area (TPSA) is 92.1 Å². The van der Waals surface area contributed by atoms with Crippen molar-refractivity contribution >= 4 is 40.9 Å². The van der Waals surface area contributed by atoms with Gasteiger partial charge in [0.2, 0.25) is 5.91 Å². The Morgan fingerprint density at radius 3 is 2.61 bits per heavy atom. The van der Waals surface area contributed by atoms with E-state index >= 15 is 0 Å². The monoisotopic (exact) mass is 417 g/mol. The highest BCUT2D eigenvalue weighted by molar-refractivity contribution is 8.00. The van der Waals surface area contributed by atoms with Gasteiger partial charge in [0.25, 0.3) is 0 Å². The van der Waals surface area contributed by atoms with Gasteiger partial charge in [-0.2, -0.15) is 5.26 Å². The molecule has 146 valence electrons. The SMILES string of the molecule is CCOC(=O)c1cc(C#N)c(SCC(=O)Nc2c(C)cc(C)cc2Cl)nc1C. The van der Waals surface area contributed by atoms with E-state index in [1.165, 1.54) is 6.07 Å². The van der Waals surface area contributed by atoms with Crippen LogP contribution in [0.2, 0.25) is 5.02 Å². The van der Waals surface area contributed by atoms with Gasteiger partial charge in [0.1, 0.15) is 11.1 Å². The highest BCUT2D eigenvalue weighted by atomic mass is 35.5. The fourth-order valence-electron chi connectivity index (χ4n) is 2.57. The van der Waals surface area contributed by atoms with Crippen molar-refractivity contribution in [1.82, 2.24) is 4.98 Å². The van der Waals surface area contributed by atoms with Crippen molar-refractivity contribution in [3.8, 4) is 6.07 Å². The molecule has 2 rings (SSSR count). The third kappa shape index (κ3) is 5.24. The first-order valence-electron chi connectivity index (χ1n) is 8.55. The third-order valence-electron chi connectivity index (χ3n) is 3.83. The maximum absolute atomic E-state index is 12.3. The number of amides is 1. The maximum Gasteiger partial charge on any atom is 0.340 e. The fourth-order valence-corrected chi connectivity index (χ4v) is 3.74. The van der Waals surface area contributed by atoms with E-state index in [0.29, 0.717) is 21.4 Å². The summed E-state index contributed by atoms with van der Waals surface area (Å²) in [5, 5.41) is 13.0. The number of carbonyl (C=O) groups excluding carboxylic acids is 2. The number of rotatable bonds is 6. The minimum atomic E-state index is -0.525. The number of esters is 1. The highest BCUT2D eigenvalue weighted by Crippen LogP contribution is 2.28. The number of anilines is 1. The van der Waals surface area contributed by atoms with Crippen LogP contribution >= 0.6 is 23.4 Å². The second-order valence-electron chi connectivity index (χ2n) is 6.08. The van der Waals surface area contributed by atoms with Gasteiger partial charge in [-0.15, -0.1) is 0 Å². The predicted molar refractivity (Wildman–Crippen MR) is 110 cm³/mol. The molecule has 0 aliphatic heterocycles. The van der Waals surface area contributed by atoms with Gasteiger partial charge in [-0.3, -0.25) is 4.79 Å². The van der Waals surface area contributed by atoms with E-state index in [4.69, 9.17) is 16.3 Å². The Balaban J connectivity index is 2.14. The maximum atomic E-state index is 12.3. The number of halogens is 1. The van der Waals surface area contributed by atoms with Gasteiger partial charge in [-0.25, -0.2) is 9.78 Å². The van der Waals surface area contributed by atoms with E-state index in [-0.39, 0.29) is 29.4 Å². The summed E-state index contributed by atoms with van der Waals surface area (Å²) in [6.45, 7) is 7.40. The van der Waals surface area contributed by atoms with Crippen LogP contribution in [0.15, 0.2) is 23.2 Å². The number of nitriles is 1. The van der Waals surface area contributed by atoms with Gasteiger partial charge in [0.05, 0.1) is 39.9 Å². The Bertz CT molecular complexity index is 947. The molecule has 0 spiro atoms. The Labute approximate surface area is 173 Å². The van der Waals surface area contributed by atoms with Gasteiger partial charge in [-0.1, -0.05) is 29.4 Å². The highest BCUT2D eigenvalue weighted by Gasteiger charge is 2.17. The summed E-state index contributed by atoms with van der Waals surface area (Å²) in [5.41, 5.74) is 3.35. The van der Waals surface area contributed by atoms with Gasteiger partial charge in [0, 0.05) is 0 Å². The van der Waals surface area contributed by atoms with Gasteiger partial charge in [-0.05, 0) is 51.0 Å². The summed E-state index contributed by atoms with van der Waals surface area (Å²) in [4.78, 5) is 28.6. The predicted octanol–water partition coefficient (Wildman–Crippen LogP) is 4.44. The average Bonchev–Trinajstić information content (AvgIpc) is 2.63. The molecule has 0 saturated carbocycles. The number of nitrogens with one attached hydrogen (secondary N) is 1. The Morgan fingerprint density at radius 2 is 2.00 bits per heavy atom. The zero-order valence-electron chi connectivity index (χ0n) is 16.1. The van der Waals surface area contributed by atoms with Crippen molar-refractivity contribution in [2.24, 2.45) is 0 Å².